The van der Waals surface area contributed by atoms with E-state index in [2.05, 4.69) is 5.32 Å². The molecule has 3 rings (SSSR count). The van der Waals surface area contributed by atoms with Gasteiger partial charge in [-0.1, -0.05) is 68.9 Å². The van der Waals surface area contributed by atoms with Gasteiger partial charge in [-0.05, 0) is 50.3 Å². The van der Waals surface area contributed by atoms with Crippen molar-refractivity contribution < 1.29 is 20.1 Å². The van der Waals surface area contributed by atoms with Crippen LogP contribution in [0.25, 0.3) is 0 Å². The summed E-state index contributed by atoms with van der Waals surface area (Å²) >= 11 is 0. The minimum absolute atomic E-state index is 0.0552. The number of phenols is 1. The van der Waals surface area contributed by atoms with Crippen LogP contribution in [0.15, 0.2) is 48.1 Å². The minimum atomic E-state index is -0.968. The van der Waals surface area contributed by atoms with E-state index in [0.717, 1.165) is 64.3 Å². The van der Waals surface area contributed by atoms with Gasteiger partial charge in [0.2, 0.25) is 5.91 Å². The van der Waals surface area contributed by atoms with Crippen molar-refractivity contribution in [1.29, 1.82) is 0 Å². The molecule has 1 amide bonds. The number of phenolic OH excluding ortho intramolecular Hbond substituents is 1. The van der Waals surface area contributed by atoms with Crippen molar-refractivity contribution in [2.45, 2.75) is 81.8 Å². The molecule has 0 bridgehead atoms. The molecular weight excluding hydrogens is 416 g/mol. The number of carbonyl (C=O) groups is 1. The number of aliphatic hydroxyl groups excluding tert-OH is 2. The monoisotopic (exact) mass is 456 g/mol. The number of hydrogen-bond donors (Lipinski definition) is 5. The first-order valence-corrected chi connectivity index (χ1v) is 12.5. The summed E-state index contributed by atoms with van der Waals surface area (Å²) in [5.41, 5.74) is 5.65. The summed E-state index contributed by atoms with van der Waals surface area (Å²) in [5, 5.41) is 34.9. The van der Waals surface area contributed by atoms with E-state index in [4.69, 9.17) is 10.8 Å². The third-order valence-electron chi connectivity index (χ3n) is 7.39. The van der Waals surface area contributed by atoms with Crippen molar-refractivity contribution in [2.24, 2.45) is 11.7 Å². The van der Waals surface area contributed by atoms with Crippen LogP contribution in [0.4, 0.5) is 0 Å². The minimum Gasteiger partial charge on any atom is -0.508 e. The summed E-state index contributed by atoms with van der Waals surface area (Å²) in [5.74, 6) is -0.350. The van der Waals surface area contributed by atoms with Gasteiger partial charge in [0, 0.05) is 23.8 Å². The molecule has 1 saturated heterocycles. The van der Waals surface area contributed by atoms with E-state index in [9.17, 15) is 15.0 Å². The van der Waals surface area contributed by atoms with Gasteiger partial charge >= 0.3 is 0 Å². The van der Waals surface area contributed by atoms with Crippen LogP contribution in [0.3, 0.4) is 0 Å². The van der Waals surface area contributed by atoms with Gasteiger partial charge in [-0.2, -0.15) is 0 Å². The quantitative estimate of drug-likeness (QED) is 0.292. The van der Waals surface area contributed by atoms with Gasteiger partial charge in [0.05, 0.1) is 11.5 Å². The second kappa shape index (κ2) is 12.4. The van der Waals surface area contributed by atoms with E-state index in [1.54, 1.807) is 24.3 Å². The first-order valence-electron chi connectivity index (χ1n) is 12.5. The standard InChI is InChI=1S/C27H40N2O4/c28-26(33)20-15-16-27(25(32)19-20,22-12-7-8-14-24(22)31)21(23-13-10-17-29-23)11-6-4-2-1-3-5-9-18-30/h7-8,12,14-16,19,21,23,25,29-32H,1-6,9-11,13,17-18H2,(H2,28,33). The van der Waals surface area contributed by atoms with Crippen LogP contribution in [0.5, 0.6) is 5.75 Å². The van der Waals surface area contributed by atoms with Gasteiger partial charge in [-0.3, -0.25) is 4.79 Å². The third-order valence-corrected chi connectivity index (χ3v) is 7.39. The maximum Gasteiger partial charge on any atom is 0.248 e. The summed E-state index contributed by atoms with van der Waals surface area (Å²) in [4.78, 5) is 11.8. The summed E-state index contributed by atoms with van der Waals surface area (Å²) in [6, 6.07) is 7.44. The Kier molecular flexibility index (Phi) is 9.53. The Labute approximate surface area is 197 Å². The molecule has 1 fully saturated rings. The zero-order valence-electron chi connectivity index (χ0n) is 19.6. The van der Waals surface area contributed by atoms with Crippen molar-refractivity contribution >= 4 is 5.91 Å². The fourth-order valence-corrected chi connectivity index (χ4v) is 5.67. The van der Waals surface area contributed by atoms with E-state index < -0.39 is 17.4 Å². The topological polar surface area (TPSA) is 116 Å². The number of aromatic hydroxyl groups is 1. The molecule has 6 heteroatoms. The van der Waals surface area contributed by atoms with Crippen LogP contribution in [-0.2, 0) is 10.2 Å². The SMILES string of the molecule is NC(=O)C1=CC(O)C(c2ccccc2O)(C(CCCCCCCCCO)C2CCCN2)C=C1. The fraction of sp³-hybridized carbons (Fsp3) is 0.593. The normalized spacial score (nSPS) is 25.7. The van der Waals surface area contributed by atoms with E-state index in [1.165, 1.54) is 6.42 Å². The van der Waals surface area contributed by atoms with Crippen molar-refractivity contribution in [1.82, 2.24) is 5.32 Å². The Balaban J connectivity index is 1.84. The number of aliphatic hydroxyl groups is 2. The summed E-state index contributed by atoms with van der Waals surface area (Å²) in [6.07, 6.45) is 14.8. The number of benzene rings is 1. The molecule has 6 nitrogen and oxygen atoms in total. The Morgan fingerprint density at radius 2 is 1.82 bits per heavy atom. The second-order valence-electron chi connectivity index (χ2n) is 9.51. The number of rotatable bonds is 13. The van der Waals surface area contributed by atoms with E-state index in [1.807, 2.05) is 18.2 Å². The van der Waals surface area contributed by atoms with Gasteiger partial charge in [0.1, 0.15) is 5.75 Å². The van der Waals surface area contributed by atoms with Gasteiger partial charge in [0.15, 0.2) is 0 Å². The van der Waals surface area contributed by atoms with Crippen LogP contribution in [0.2, 0.25) is 0 Å². The predicted octanol–water partition coefficient (Wildman–Crippen LogP) is 3.45. The summed E-state index contributed by atoms with van der Waals surface area (Å²) in [7, 11) is 0. The molecular formula is C27H40N2O4. The molecule has 1 aliphatic carbocycles. The van der Waals surface area contributed by atoms with E-state index in [-0.39, 0.29) is 24.3 Å². The van der Waals surface area contributed by atoms with Crippen LogP contribution < -0.4 is 11.1 Å². The summed E-state index contributed by atoms with van der Waals surface area (Å²) < 4.78 is 0. The molecule has 1 aromatic carbocycles. The van der Waals surface area contributed by atoms with Crippen molar-refractivity contribution in [3.8, 4) is 5.75 Å². The second-order valence-corrected chi connectivity index (χ2v) is 9.51. The molecule has 1 aliphatic heterocycles. The van der Waals surface area contributed by atoms with Crippen molar-refractivity contribution in [3.63, 3.8) is 0 Å². The van der Waals surface area contributed by atoms with Gasteiger partial charge in [-0.25, -0.2) is 0 Å². The Morgan fingerprint density at radius 3 is 2.42 bits per heavy atom. The highest BCUT2D eigenvalue weighted by Gasteiger charge is 2.49. The lowest BCUT2D eigenvalue weighted by Crippen LogP contribution is -2.52. The molecule has 2 aliphatic rings. The number of primary amides is 1. The average Bonchev–Trinajstić information content (AvgIpc) is 3.33. The third kappa shape index (κ3) is 6.05. The number of unbranched alkanes of at least 4 members (excludes halogenated alkanes) is 6. The Hall–Kier alpha value is -2.15. The fourth-order valence-electron chi connectivity index (χ4n) is 5.67. The Bertz CT molecular complexity index is 831. The highest BCUT2D eigenvalue weighted by atomic mass is 16.3. The number of nitrogens with two attached hydrogens (primary N) is 1. The number of hydrogen-bond acceptors (Lipinski definition) is 5. The highest BCUT2D eigenvalue weighted by molar-refractivity contribution is 5.95. The maximum atomic E-state index is 11.8. The number of para-hydroxylation sites is 1. The predicted molar refractivity (Wildman–Crippen MR) is 131 cm³/mol. The number of amides is 1. The van der Waals surface area contributed by atoms with Crippen LogP contribution in [-0.4, -0.2) is 46.5 Å². The average molecular weight is 457 g/mol. The molecule has 182 valence electrons. The lowest BCUT2D eigenvalue weighted by molar-refractivity contribution is -0.114. The van der Waals surface area contributed by atoms with E-state index >= 15 is 0 Å². The van der Waals surface area contributed by atoms with Gasteiger partial charge in [0.25, 0.3) is 0 Å². The van der Waals surface area contributed by atoms with Crippen LogP contribution in [0, 0.1) is 5.92 Å². The Morgan fingerprint density at radius 1 is 1.12 bits per heavy atom. The molecule has 1 heterocycles. The van der Waals surface area contributed by atoms with Crippen molar-refractivity contribution in [3.05, 3.63) is 53.6 Å². The van der Waals surface area contributed by atoms with Gasteiger partial charge in [-0.15, -0.1) is 0 Å². The van der Waals surface area contributed by atoms with Crippen molar-refractivity contribution in [2.75, 3.05) is 13.2 Å². The van der Waals surface area contributed by atoms with E-state index in [0.29, 0.717) is 11.1 Å². The molecule has 33 heavy (non-hydrogen) atoms. The summed E-state index contributed by atoms with van der Waals surface area (Å²) in [6.45, 7) is 1.22. The van der Waals surface area contributed by atoms with Crippen LogP contribution in [0.1, 0.15) is 69.8 Å². The largest absolute Gasteiger partial charge is 0.508 e. The first-order chi connectivity index (χ1) is 16.0. The molecule has 0 aromatic heterocycles. The molecule has 0 radical (unpaired) electrons. The lowest BCUT2D eigenvalue weighted by Gasteiger charge is -2.46. The molecule has 0 saturated carbocycles. The van der Waals surface area contributed by atoms with Crippen LogP contribution >= 0.6 is 0 Å². The molecule has 4 atom stereocenters. The number of nitrogens with one attached hydrogen (secondary N) is 1. The first kappa shape index (κ1) is 25.5. The zero-order chi connectivity index (χ0) is 23.7. The smallest absolute Gasteiger partial charge is 0.248 e. The van der Waals surface area contributed by atoms with Gasteiger partial charge < -0.3 is 26.4 Å². The molecule has 1 aromatic rings. The zero-order valence-corrected chi connectivity index (χ0v) is 19.6. The molecule has 4 unspecified atom stereocenters. The maximum absolute atomic E-state index is 11.8. The highest BCUT2D eigenvalue weighted by Crippen LogP contribution is 2.48. The number of carbonyl (C=O) groups excluding carboxylic acids is 1. The molecule has 6 N–H and O–H groups in total. The molecule has 0 spiro atoms. The lowest BCUT2D eigenvalue weighted by atomic mass is 9.60.